The highest BCUT2D eigenvalue weighted by Gasteiger charge is 2.04. The lowest BCUT2D eigenvalue weighted by atomic mass is 10.2. The third-order valence-corrected chi connectivity index (χ3v) is 2.66. The van der Waals surface area contributed by atoms with Gasteiger partial charge in [-0.05, 0) is 19.1 Å². The summed E-state index contributed by atoms with van der Waals surface area (Å²) in [4.78, 5) is 4.04. The highest BCUT2D eigenvalue weighted by molar-refractivity contribution is 6.31. The van der Waals surface area contributed by atoms with Crippen LogP contribution in [0.2, 0.25) is 5.02 Å². The SMILES string of the molecule is Cc1ccc(Oc2cc(CO)c(Cl)cn2)cc1. The Balaban J connectivity index is 2.21. The number of aliphatic hydroxyl groups is 1. The Bertz CT molecular complexity index is 511. The van der Waals surface area contributed by atoms with Crippen LogP contribution < -0.4 is 4.74 Å². The summed E-state index contributed by atoms with van der Waals surface area (Å²) in [5, 5.41) is 9.51. The molecule has 0 atom stereocenters. The minimum absolute atomic E-state index is 0.133. The number of nitrogens with zero attached hydrogens (tertiary/aromatic N) is 1. The number of hydrogen-bond donors (Lipinski definition) is 1. The Morgan fingerprint density at radius 2 is 2.00 bits per heavy atom. The van der Waals surface area contributed by atoms with Crippen molar-refractivity contribution < 1.29 is 9.84 Å². The Hall–Kier alpha value is -1.58. The van der Waals surface area contributed by atoms with Gasteiger partial charge in [-0.2, -0.15) is 0 Å². The summed E-state index contributed by atoms with van der Waals surface area (Å²) in [6.45, 7) is 1.87. The van der Waals surface area contributed by atoms with Gasteiger partial charge in [-0.15, -0.1) is 0 Å². The zero-order valence-corrected chi connectivity index (χ0v) is 10.1. The number of pyridine rings is 1. The summed E-state index contributed by atoms with van der Waals surface area (Å²) in [6, 6.07) is 9.27. The Morgan fingerprint density at radius 1 is 1.29 bits per heavy atom. The summed E-state index contributed by atoms with van der Waals surface area (Å²) in [7, 11) is 0. The minimum Gasteiger partial charge on any atom is -0.439 e. The molecule has 0 amide bonds. The van der Waals surface area contributed by atoms with Crippen LogP contribution in [0.15, 0.2) is 36.5 Å². The zero-order chi connectivity index (χ0) is 12.3. The Labute approximate surface area is 105 Å². The van der Waals surface area contributed by atoms with Crippen molar-refractivity contribution in [3.05, 3.63) is 52.7 Å². The molecule has 0 radical (unpaired) electrons. The maximum absolute atomic E-state index is 9.08. The van der Waals surface area contributed by atoms with Crippen LogP contribution in [0.3, 0.4) is 0 Å². The van der Waals surface area contributed by atoms with Crippen molar-refractivity contribution in [2.45, 2.75) is 13.5 Å². The topological polar surface area (TPSA) is 42.4 Å². The van der Waals surface area contributed by atoms with Gasteiger partial charge in [-0.25, -0.2) is 4.98 Å². The van der Waals surface area contributed by atoms with E-state index in [0.717, 1.165) is 5.56 Å². The molecule has 1 heterocycles. The Kier molecular flexibility index (Phi) is 3.61. The quantitative estimate of drug-likeness (QED) is 0.907. The van der Waals surface area contributed by atoms with Gasteiger partial charge in [0, 0.05) is 17.8 Å². The van der Waals surface area contributed by atoms with Crippen molar-refractivity contribution in [2.24, 2.45) is 0 Å². The second-order valence-corrected chi connectivity index (χ2v) is 4.09. The van der Waals surface area contributed by atoms with Gasteiger partial charge in [0.05, 0.1) is 11.6 Å². The monoisotopic (exact) mass is 249 g/mol. The predicted molar refractivity (Wildman–Crippen MR) is 66.4 cm³/mol. The van der Waals surface area contributed by atoms with Crippen LogP contribution in [0.4, 0.5) is 0 Å². The number of benzene rings is 1. The first-order chi connectivity index (χ1) is 8.19. The van der Waals surface area contributed by atoms with Crippen molar-refractivity contribution in [2.75, 3.05) is 0 Å². The minimum atomic E-state index is -0.133. The van der Waals surface area contributed by atoms with Crippen molar-refractivity contribution in [1.29, 1.82) is 0 Å². The third-order valence-electron chi connectivity index (χ3n) is 2.32. The highest BCUT2D eigenvalue weighted by Crippen LogP contribution is 2.24. The largest absolute Gasteiger partial charge is 0.439 e. The fourth-order valence-corrected chi connectivity index (χ4v) is 1.53. The molecule has 0 aliphatic rings. The van der Waals surface area contributed by atoms with Gasteiger partial charge in [0.15, 0.2) is 0 Å². The number of ether oxygens (including phenoxy) is 1. The summed E-state index contributed by atoms with van der Waals surface area (Å²) in [5.74, 6) is 1.12. The molecule has 0 aliphatic heterocycles. The third kappa shape index (κ3) is 2.96. The van der Waals surface area contributed by atoms with Gasteiger partial charge in [-0.3, -0.25) is 0 Å². The first-order valence-corrected chi connectivity index (χ1v) is 5.56. The van der Waals surface area contributed by atoms with E-state index in [1.54, 1.807) is 6.07 Å². The second-order valence-electron chi connectivity index (χ2n) is 3.69. The van der Waals surface area contributed by atoms with E-state index in [0.29, 0.717) is 22.2 Å². The normalized spacial score (nSPS) is 10.3. The van der Waals surface area contributed by atoms with Crippen molar-refractivity contribution >= 4 is 11.6 Å². The van der Waals surface area contributed by atoms with E-state index < -0.39 is 0 Å². The molecule has 0 spiro atoms. The van der Waals surface area contributed by atoms with Crippen molar-refractivity contribution in [3.63, 3.8) is 0 Å². The van der Waals surface area contributed by atoms with E-state index in [1.807, 2.05) is 31.2 Å². The number of aliphatic hydroxyl groups excluding tert-OH is 1. The van der Waals surface area contributed by atoms with Crippen molar-refractivity contribution in [3.8, 4) is 11.6 Å². The average molecular weight is 250 g/mol. The molecule has 0 saturated carbocycles. The standard InChI is InChI=1S/C13H12ClNO2/c1-9-2-4-11(5-3-9)17-13-6-10(8-16)12(14)7-15-13/h2-7,16H,8H2,1H3. The lowest BCUT2D eigenvalue weighted by Crippen LogP contribution is -1.92. The van der Waals surface area contributed by atoms with E-state index in [-0.39, 0.29) is 6.61 Å². The molecule has 0 bridgehead atoms. The van der Waals surface area contributed by atoms with Crippen molar-refractivity contribution in [1.82, 2.24) is 4.98 Å². The lowest BCUT2D eigenvalue weighted by Gasteiger charge is -2.07. The molecule has 2 aromatic rings. The molecule has 3 nitrogen and oxygen atoms in total. The van der Waals surface area contributed by atoms with Crippen LogP contribution in [0.1, 0.15) is 11.1 Å². The summed E-state index contributed by atoms with van der Waals surface area (Å²) in [6.07, 6.45) is 1.47. The number of rotatable bonds is 3. The lowest BCUT2D eigenvalue weighted by molar-refractivity contribution is 0.281. The van der Waals surface area contributed by atoms with Gasteiger partial charge in [0.1, 0.15) is 5.75 Å². The fraction of sp³-hybridized carbons (Fsp3) is 0.154. The fourth-order valence-electron chi connectivity index (χ4n) is 1.36. The molecule has 0 saturated heterocycles. The highest BCUT2D eigenvalue weighted by atomic mass is 35.5. The van der Waals surface area contributed by atoms with Gasteiger partial charge < -0.3 is 9.84 Å². The number of aromatic nitrogens is 1. The van der Waals surface area contributed by atoms with Crippen LogP contribution >= 0.6 is 11.6 Å². The van der Waals surface area contributed by atoms with Gasteiger partial charge in [0.25, 0.3) is 0 Å². The molecular weight excluding hydrogens is 238 g/mol. The molecule has 4 heteroatoms. The molecule has 88 valence electrons. The summed E-state index contributed by atoms with van der Waals surface area (Å²) in [5.41, 5.74) is 1.77. The summed E-state index contributed by atoms with van der Waals surface area (Å²) >= 11 is 5.84. The first-order valence-electron chi connectivity index (χ1n) is 5.19. The van der Waals surface area contributed by atoms with Crippen LogP contribution in [-0.4, -0.2) is 10.1 Å². The molecule has 17 heavy (non-hydrogen) atoms. The first kappa shape index (κ1) is 11.9. The van der Waals surface area contributed by atoms with E-state index >= 15 is 0 Å². The van der Waals surface area contributed by atoms with Gasteiger partial charge in [-0.1, -0.05) is 29.3 Å². The smallest absolute Gasteiger partial charge is 0.219 e. The zero-order valence-electron chi connectivity index (χ0n) is 9.35. The van der Waals surface area contributed by atoms with E-state index in [1.165, 1.54) is 6.20 Å². The molecule has 2 rings (SSSR count). The number of hydrogen-bond acceptors (Lipinski definition) is 3. The van der Waals surface area contributed by atoms with Crippen LogP contribution in [-0.2, 0) is 6.61 Å². The van der Waals surface area contributed by atoms with Crippen LogP contribution in [0, 0.1) is 6.92 Å². The average Bonchev–Trinajstić information content (AvgIpc) is 2.34. The molecule has 1 aromatic heterocycles. The molecule has 0 fully saturated rings. The van der Waals surface area contributed by atoms with Crippen LogP contribution in [0.5, 0.6) is 11.6 Å². The maximum Gasteiger partial charge on any atom is 0.219 e. The molecular formula is C13H12ClNO2. The Morgan fingerprint density at radius 3 is 2.65 bits per heavy atom. The number of halogens is 1. The predicted octanol–water partition coefficient (Wildman–Crippen LogP) is 3.33. The summed E-state index contributed by atoms with van der Waals surface area (Å²) < 4.78 is 5.55. The van der Waals surface area contributed by atoms with E-state index in [9.17, 15) is 0 Å². The maximum atomic E-state index is 9.08. The molecule has 1 N–H and O–H groups in total. The van der Waals surface area contributed by atoms with Gasteiger partial charge >= 0.3 is 0 Å². The van der Waals surface area contributed by atoms with E-state index in [2.05, 4.69) is 4.98 Å². The molecule has 0 unspecified atom stereocenters. The van der Waals surface area contributed by atoms with Crippen LogP contribution in [0.25, 0.3) is 0 Å². The second kappa shape index (κ2) is 5.17. The molecule has 0 aliphatic carbocycles. The number of aryl methyl sites for hydroxylation is 1. The van der Waals surface area contributed by atoms with E-state index in [4.69, 9.17) is 21.4 Å². The van der Waals surface area contributed by atoms with Gasteiger partial charge in [0.2, 0.25) is 5.88 Å². The molecule has 1 aromatic carbocycles.